The number of amides is 1. The minimum atomic E-state index is -0.390. The SMILES string of the molecule is COc1cccc(C(=O)NC(C)c2ccccc2Cl)c1O. The molecule has 4 nitrogen and oxygen atoms in total. The molecule has 0 aliphatic heterocycles. The Morgan fingerprint density at radius 3 is 2.62 bits per heavy atom. The number of methoxy groups -OCH3 is 1. The summed E-state index contributed by atoms with van der Waals surface area (Å²) in [5.74, 6) is -0.310. The van der Waals surface area contributed by atoms with Gasteiger partial charge in [-0.3, -0.25) is 4.79 Å². The first-order chi connectivity index (χ1) is 10.0. The summed E-state index contributed by atoms with van der Waals surface area (Å²) in [6, 6.07) is 11.8. The lowest BCUT2D eigenvalue weighted by Gasteiger charge is -2.16. The number of aromatic hydroxyl groups is 1. The number of hydrogen-bond donors (Lipinski definition) is 2. The lowest BCUT2D eigenvalue weighted by molar-refractivity contribution is 0.0936. The zero-order valence-electron chi connectivity index (χ0n) is 11.8. The number of halogens is 1. The number of phenols is 1. The second-order valence-electron chi connectivity index (χ2n) is 4.57. The fourth-order valence-electron chi connectivity index (χ4n) is 2.05. The van der Waals surface area contributed by atoms with Gasteiger partial charge in [-0.2, -0.15) is 0 Å². The van der Waals surface area contributed by atoms with Crippen LogP contribution in [0.1, 0.15) is 28.9 Å². The summed E-state index contributed by atoms with van der Waals surface area (Å²) in [5, 5.41) is 13.4. The highest BCUT2D eigenvalue weighted by Crippen LogP contribution is 2.30. The molecule has 0 heterocycles. The van der Waals surface area contributed by atoms with Crippen LogP contribution in [0.5, 0.6) is 11.5 Å². The quantitative estimate of drug-likeness (QED) is 0.908. The van der Waals surface area contributed by atoms with Crippen molar-refractivity contribution in [3.05, 3.63) is 58.6 Å². The van der Waals surface area contributed by atoms with Gasteiger partial charge in [0.2, 0.25) is 0 Å². The van der Waals surface area contributed by atoms with E-state index in [9.17, 15) is 9.90 Å². The van der Waals surface area contributed by atoms with Gasteiger partial charge in [0.1, 0.15) is 0 Å². The fraction of sp³-hybridized carbons (Fsp3) is 0.188. The van der Waals surface area contributed by atoms with E-state index in [2.05, 4.69) is 5.32 Å². The van der Waals surface area contributed by atoms with Crippen molar-refractivity contribution in [1.29, 1.82) is 0 Å². The van der Waals surface area contributed by atoms with E-state index in [0.717, 1.165) is 5.56 Å². The Hall–Kier alpha value is -2.20. The molecule has 0 radical (unpaired) electrons. The molecule has 0 bridgehead atoms. The third-order valence-corrected chi connectivity index (χ3v) is 3.53. The van der Waals surface area contributed by atoms with E-state index in [1.54, 1.807) is 18.2 Å². The minimum Gasteiger partial charge on any atom is -0.504 e. The average Bonchev–Trinajstić information content (AvgIpc) is 2.47. The second kappa shape index (κ2) is 6.50. The summed E-state index contributed by atoms with van der Waals surface area (Å²) in [6.07, 6.45) is 0. The number of para-hydroxylation sites is 1. The van der Waals surface area contributed by atoms with Gasteiger partial charge < -0.3 is 15.2 Å². The van der Waals surface area contributed by atoms with Crippen LogP contribution in [0.25, 0.3) is 0 Å². The van der Waals surface area contributed by atoms with E-state index in [1.165, 1.54) is 13.2 Å². The molecule has 2 aromatic rings. The molecule has 1 amide bonds. The van der Waals surface area contributed by atoms with Crippen molar-refractivity contribution in [3.63, 3.8) is 0 Å². The molecule has 5 heteroatoms. The molecule has 2 N–H and O–H groups in total. The number of carbonyl (C=O) groups excluding carboxylic acids is 1. The van der Waals surface area contributed by atoms with Crippen molar-refractivity contribution in [2.24, 2.45) is 0 Å². The first-order valence-electron chi connectivity index (χ1n) is 6.46. The predicted octanol–water partition coefficient (Wildman–Crippen LogP) is 3.55. The van der Waals surface area contributed by atoms with Crippen LogP contribution in [0, 0.1) is 0 Å². The number of benzene rings is 2. The molecule has 0 spiro atoms. The fourth-order valence-corrected chi connectivity index (χ4v) is 2.35. The van der Waals surface area contributed by atoms with E-state index in [1.807, 2.05) is 25.1 Å². The average molecular weight is 306 g/mol. The summed E-state index contributed by atoms with van der Waals surface area (Å²) in [6.45, 7) is 1.83. The first-order valence-corrected chi connectivity index (χ1v) is 6.83. The molecule has 0 saturated heterocycles. The molecular weight excluding hydrogens is 290 g/mol. The molecule has 110 valence electrons. The monoisotopic (exact) mass is 305 g/mol. The van der Waals surface area contributed by atoms with Crippen molar-refractivity contribution in [3.8, 4) is 11.5 Å². The summed E-state index contributed by atoms with van der Waals surface area (Å²) in [4.78, 5) is 12.3. The van der Waals surface area contributed by atoms with Gasteiger partial charge in [-0.1, -0.05) is 35.9 Å². The standard InChI is InChI=1S/C16H16ClNO3/c1-10(11-6-3-4-8-13(11)17)18-16(20)12-7-5-9-14(21-2)15(12)19/h3-10,19H,1-2H3,(H,18,20). The van der Waals surface area contributed by atoms with Crippen LogP contribution in [0.3, 0.4) is 0 Å². The maximum absolute atomic E-state index is 12.3. The molecule has 0 aromatic heterocycles. The Kier molecular flexibility index (Phi) is 4.70. The summed E-state index contributed by atoms with van der Waals surface area (Å²) in [5.41, 5.74) is 0.975. The van der Waals surface area contributed by atoms with E-state index in [0.29, 0.717) is 5.02 Å². The molecule has 0 saturated carbocycles. The van der Waals surface area contributed by atoms with Gasteiger partial charge in [0.15, 0.2) is 11.5 Å². The molecule has 0 fully saturated rings. The Balaban J connectivity index is 2.21. The number of nitrogens with one attached hydrogen (secondary N) is 1. The van der Waals surface area contributed by atoms with Crippen molar-refractivity contribution >= 4 is 17.5 Å². The number of rotatable bonds is 4. The lowest BCUT2D eigenvalue weighted by atomic mass is 10.1. The van der Waals surface area contributed by atoms with Gasteiger partial charge in [0, 0.05) is 5.02 Å². The zero-order chi connectivity index (χ0) is 15.4. The largest absolute Gasteiger partial charge is 0.504 e. The molecule has 0 aliphatic rings. The van der Waals surface area contributed by atoms with Crippen molar-refractivity contribution in [1.82, 2.24) is 5.32 Å². The van der Waals surface area contributed by atoms with Gasteiger partial charge >= 0.3 is 0 Å². The third-order valence-electron chi connectivity index (χ3n) is 3.18. The highest BCUT2D eigenvalue weighted by atomic mass is 35.5. The van der Waals surface area contributed by atoms with Crippen molar-refractivity contribution in [2.75, 3.05) is 7.11 Å². The van der Waals surface area contributed by atoms with Crippen LogP contribution >= 0.6 is 11.6 Å². The van der Waals surface area contributed by atoms with E-state index in [4.69, 9.17) is 16.3 Å². The second-order valence-corrected chi connectivity index (χ2v) is 4.98. The van der Waals surface area contributed by atoms with Crippen molar-refractivity contribution in [2.45, 2.75) is 13.0 Å². The van der Waals surface area contributed by atoms with Crippen LogP contribution in [0.4, 0.5) is 0 Å². The molecule has 2 rings (SSSR count). The van der Waals surface area contributed by atoms with E-state index >= 15 is 0 Å². The lowest BCUT2D eigenvalue weighted by Crippen LogP contribution is -2.26. The molecule has 1 atom stereocenters. The summed E-state index contributed by atoms with van der Waals surface area (Å²) in [7, 11) is 1.43. The van der Waals surface area contributed by atoms with E-state index in [-0.39, 0.29) is 29.0 Å². The number of carbonyl (C=O) groups is 1. The van der Waals surface area contributed by atoms with Gasteiger partial charge in [-0.15, -0.1) is 0 Å². The van der Waals surface area contributed by atoms with E-state index < -0.39 is 0 Å². The summed E-state index contributed by atoms with van der Waals surface area (Å²) >= 11 is 6.11. The predicted molar refractivity (Wildman–Crippen MR) is 82.0 cm³/mol. The topological polar surface area (TPSA) is 58.6 Å². The van der Waals surface area contributed by atoms with Crippen LogP contribution < -0.4 is 10.1 Å². The Morgan fingerprint density at radius 2 is 1.95 bits per heavy atom. The number of phenolic OH excluding ortho intramolecular Hbond substituents is 1. The van der Waals surface area contributed by atoms with Crippen molar-refractivity contribution < 1.29 is 14.6 Å². The maximum Gasteiger partial charge on any atom is 0.255 e. The molecule has 2 aromatic carbocycles. The zero-order valence-corrected chi connectivity index (χ0v) is 12.5. The summed E-state index contributed by atoms with van der Waals surface area (Å²) < 4.78 is 4.99. The van der Waals surface area contributed by atoms with Gasteiger partial charge in [0.25, 0.3) is 5.91 Å². The molecule has 1 unspecified atom stereocenters. The third kappa shape index (κ3) is 3.28. The molecule has 21 heavy (non-hydrogen) atoms. The highest BCUT2D eigenvalue weighted by molar-refractivity contribution is 6.31. The van der Waals surface area contributed by atoms with Crippen LogP contribution in [-0.2, 0) is 0 Å². The van der Waals surface area contributed by atoms with Crippen LogP contribution in [0.2, 0.25) is 5.02 Å². The molecule has 0 aliphatic carbocycles. The Bertz CT molecular complexity index is 658. The van der Waals surface area contributed by atoms with Gasteiger partial charge in [0.05, 0.1) is 18.7 Å². The number of ether oxygens (including phenoxy) is 1. The first kappa shape index (κ1) is 15.2. The van der Waals surface area contributed by atoms with Gasteiger partial charge in [-0.25, -0.2) is 0 Å². The minimum absolute atomic E-state index is 0.160. The Morgan fingerprint density at radius 1 is 1.24 bits per heavy atom. The highest BCUT2D eigenvalue weighted by Gasteiger charge is 2.18. The van der Waals surface area contributed by atoms with Crippen LogP contribution in [-0.4, -0.2) is 18.1 Å². The molecular formula is C16H16ClNO3. The van der Waals surface area contributed by atoms with Crippen LogP contribution in [0.15, 0.2) is 42.5 Å². The Labute approximate surface area is 128 Å². The maximum atomic E-state index is 12.3. The normalized spacial score (nSPS) is 11.8. The van der Waals surface area contributed by atoms with Gasteiger partial charge in [-0.05, 0) is 30.7 Å². The smallest absolute Gasteiger partial charge is 0.255 e. The number of hydrogen-bond acceptors (Lipinski definition) is 3.